The summed E-state index contributed by atoms with van der Waals surface area (Å²) in [6.07, 6.45) is 1.76. The fourth-order valence-electron chi connectivity index (χ4n) is 3.53. The largest absolute Gasteiger partial charge is 0.495 e. The summed E-state index contributed by atoms with van der Waals surface area (Å²) in [5, 5.41) is 10.1. The molecule has 1 fully saturated rings. The highest BCUT2D eigenvalue weighted by atomic mass is 32.1. The number of nitrogen functional groups attached to an aromatic ring is 1. The predicted octanol–water partition coefficient (Wildman–Crippen LogP) is 2.66. The molecule has 2 aromatic heterocycles. The minimum Gasteiger partial charge on any atom is -0.495 e. The van der Waals surface area contributed by atoms with Crippen molar-refractivity contribution in [2.24, 2.45) is 0 Å². The van der Waals surface area contributed by atoms with Gasteiger partial charge in [0.05, 0.1) is 19.3 Å². The predicted molar refractivity (Wildman–Crippen MR) is 121 cm³/mol. The molecule has 4 N–H and O–H groups in total. The number of carbonyl (C=O) groups is 1. The zero-order valence-corrected chi connectivity index (χ0v) is 18.1. The number of hydrogen-bond acceptors (Lipinski definition) is 9. The number of methoxy groups -OCH3 is 1. The van der Waals surface area contributed by atoms with Crippen molar-refractivity contribution in [3.8, 4) is 5.75 Å². The SMILES string of the molecule is COc1ccccc1Nc1nc(N)nc(CN2CCC(NC(=O)c3ccsc3)CC2)n1. The first kappa shape index (κ1) is 21.0. The highest BCUT2D eigenvalue weighted by molar-refractivity contribution is 7.08. The van der Waals surface area contributed by atoms with Crippen LogP contribution in [0.2, 0.25) is 0 Å². The first-order valence-electron chi connectivity index (χ1n) is 10.1. The van der Waals surface area contributed by atoms with Crippen LogP contribution in [0.3, 0.4) is 0 Å². The topological polar surface area (TPSA) is 118 Å². The molecule has 4 rings (SSSR count). The minimum atomic E-state index is -0.00278. The highest BCUT2D eigenvalue weighted by Crippen LogP contribution is 2.25. The maximum atomic E-state index is 12.2. The first-order valence-corrected chi connectivity index (χ1v) is 11.0. The molecular weight excluding hydrogens is 414 g/mol. The molecule has 0 spiro atoms. The molecule has 1 amide bonds. The van der Waals surface area contributed by atoms with Crippen LogP contribution < -0.4 is 21.1 Å². The quantitative estimate of drug-likeness (QED) is 0.514. The Morgan fingerprint density at radius 2 is 2.03 bits per heavy atom. The number of hydrogen-bond donors (Lipinski definition) is 3. The molecule has 0 atom stereocenters. The molecule has 1 aliphatic heterocycles. The van der Waals surface area contributed by atoms with Crippen LogP contribution in [0.4, 0.5) is 17.6 Å². The Labute approximate surface area is 184 Å². The normalized spacial score (nSPS) is 14.9. The summed E-state index contributed by atoms with van der Waals surface area (Å²) in [5.74, 6) is 1.84. The van der Waals surface area contributed by atoms with Crippen LogP contribution in [0.25, 0.3) is 0 Å². The first-order chi connectivity index (χ1) is 15.1. The number of benzene rings is 1. The van der Waals surface area contributed by atoms with E-state index in [2.05, 4.69) is 30.5 Å². The van der Waals surface area contributed by atoms with E-state index in [0.717, 1.165) is 37.2 Å². The molecular formula is C21H25N7O2S. The summed E-state index contributed by atoms with van der Waals surface area (Å²) >= 11 is 1.53. The molecule has 3 aromatic rings. The fraction of sp³-hybridized carbons (Fsp3) is 0.333. The van der Waals surface area contributed by atoms with E-state index >= 15 is 0 Å². The minimum absolute atomic E-state index is 0.00278. The number of thiophene rings is 1. The van der Waals surface area contributed by atoms with Crippen molar-refractivity contribution in [2.75, 3.05) is 31.2 Å². The standard InChI is InChI=1S/C21H25N7O2S/c1-30-17-5-3-2-4-16(17)24-21-26-18(25-20(22)27-21)12-28-9-6-15(7-10-28)23-19(29)14-8-11-31-13-14/h2-5,8,11,13,15H,6-7,9-10,12H2,1H3,(H,23,29)(H3,22,24,25,26,27). The Morgan fingerprint density at radius 1 is 1.23 bits per heavy atom. The van der Waals surface area contributed by atoms with Gasteiger partial charge in [-0.1, -0.05) is 12.1 Å². The van der Waals surface area contributed by atoms with Gasteiger partial charge in [0.2, 0.25) is 11.9 Å². The molecule has 1 aromatic carbocycles. The number of nitrogens with two attached hydrogens (primary N) is 1. The van der Waals surface area contributed by atoms with Gasteiger partial charge in [-0.2, -0.15) is 26.3 Å². The molecule has 10 heteroatoms. The summed E-state index contributed by atoms with van der Waals surface area (Å²) in [6, 6.07) is 9.55. The van der Waals surface area contributed by atoms with Crippen molar-refractivity contribution in [3.63, 3.8) is 0 Å². The number of rotatable bonds is 7. The van der Waals surface area contributed by atoms with E-state index in [1.165, 1.54) is 11.3 Å². The van der Waals surface area contributed by atoms with Gasteiger partial charge >= 0.3 is 0 Å². The summed E-state index contributed by atoms with van der Waals surface area (Å²) < 4.78 is 5.36. The molecule has 3 heterocycles. The third kappa shape index (κ3) is 5.47. The third-order valence-corrected chi connectivity index (χ3v) is 5.81. The van der Waals surface area contributed by atoms with Crippen molar-refractivity contribution >= 4 is 34.8 Å². The van der Waals surface area contributed by atoms with E-state index in [9.17, 15) is 4.79 Å². The lowest BCUT2D eigenvalue weighted by Gasteiger charge is -2.31. The van der Waals surface area contributed by atoms with Gasteiger partial charge in [0.25, 0.3) is 5.91 Å². The van der Waals surface area contributed by atoms with Crippen molar-refractivity contribution in [3.05, 3.63) is 52.5 Å². The lowest BCUT2D eigenvalue weighted by molar-refractivity contribution is 0.0908. The molecule has 1 aliphatic rings. The number of carbonyl (C=O) groups excluding carboxylic acids is 1. The van der Waals surface area contributed by atoms with Gasteiger partial charge in [-0.05, 0) is 36.4 Å². The van der Waals surface area contributed by atoms with E-state index < -0.39 is 0 Å². The van der Waals surface area contributed by atoms with Crippen molar-refractivity contribution in [1.29, 1.82) is 0 Å². The smallest absolute Gasteiger partial charge is 0.252 e. The number of amides is 1. The average Bonchev–Trinajstić information content (AvgIpc) is 3.30. The zero-order chi connectivity index (χ0) is 21.6. The van der Waals surface area contributed by atoms with E-state index in [4.69, 9.17) is 10.5 Å². The molecule has 1 saturated heterocycles. The monoisotopic (exact) mass is 439 g/mol. The number of likely N-dealkylation sites (tertiary alicyclic amines) is 1. The number of ether oxygens (including phenoxy) is 1. The van der Waals surface area contributed by atoms with Gasteiger partial charge < -0.3 is 21.1 Å². The van der Waals surface area contributed by atoms with E-state index in [1.807, 2.05) is 41.1 Å². The molecule has 31 heavy (non-hydrogen) atoms. The van der Waals surface area contributed by atoms with Crippen LogP contribution in [0.5, 0.6) is 5.75 Å². The zero-order valence-electron chi connectivity index (χ0n) is 17.2. The van der Waals surface area contributed by atoms with Gasteiger partial charge in [-0.15, -0.1) is 0 Å². The van der Waals surface area contributed by atoms with Crippen LogP contribution in [0.15, 0.2) is 41.1 Å². The molecule has 162 valence electrons. The Balaban J connectivity index is 1.34. The van der Waals surface area contributed by atoms with Crippen LogP contribution in [-0.4, -0.2) is 52.0 Å². The molecule has 0 aliphatic carbocycles. The maximum absolute atomic E-state index is 12.2. The Bertz CT molecular complexity index is 1020. The van der Waals surface area contributed by atoms with Crippen LogP contribution >= 0.6 is 11.3 Å². The lowest BCUT2D eigenvalue weighted by atomic mass is 10.0. The Morgan fingerprint density at radius 3 is 2.77 bits per heavy atom. The summed E-state index contributed by atoms with van der Waals surface area (Å²) in [5.41, 5.74) is 7.39. The second kappa shape index (κ2) is 9.71. The Kier molecular flexibility index (Phi) is 6.58. The second-order valence-electron chi connectivity index (χ2n) is 7.29. The molecule has 0 bridgehead atoms. The summed E-state index contributed by atoms with van der Waals surface area (Å²) in [4.78, 5) is 27.5. The van der Waals surface area contributed by atoms with Crippen molar-refractivity contribution in [2.45, 2.75) is 25.4 Å². The van der Waals surface area contributed by atoms with E-state index in [-0.39, 0.29) is 17.9 Å². The van der Waals surface area contributed by atoms with Gasteiger partial charge in [-0.25, -0.2) is 0 Å². The maximum Gasteiger partial charge on any atom is 0.252 e. The number of anilines is 3. The van der Waals surface area contributed by atoms with Crippen LogP contribution in [0.1, 0.15) is 29.0 Å². The van der Waals surface area contributed by atoms with Gasteiger partial charge in [-0.3, -0.25) is 9.69 Å². The molecule has 9 nitrogen and oxygen atoms in total. The van der Waals surface area contributed by atoms with E-state index in [1.54, 1.807) is 7.11 Å². The molecule has 0 unspecified atom stereocenters. The number of aromatic nitrogens is 3. The van der Waals surface area contributed by atoms with E-state index in [0.29, 0.717) is 24.1 Å². The van der Waals surface area contributed by atoms with Crippen molar-refractivity contribution in [1.82, 2.24) is 25.2 Å². The van der Waals surface area contributed by atoms with Crippen LogP contribution in [-0.2, 0) is 6.54 Å². The lowest BCUT2D eigenvalue weighted by Crippen LogP contribution is -2.44. The van der Waals surface area contributed by atoms with Gasteiger partial charge in [0.1, 0.15) is 11.6 Å². The second-order valence-corrected chi connectivity index (χ2v) is 8.07. The fourth-order valence-corrected chi connectivity index (χ4v) is 4.17. The number of nitrogens with one attached hydrogen (secondary N) is 2. The summed E-state index contributed by atoms with van der Waals surface area (Å²) in [7, 11) is 1.61. The highest BCUT2D eigenvalue weighted by Gasteiger charge is 2.22. The molecule has 0 saturated carbocycles. The number of nitrogens with zero attached hydrogens (tertiary/aromatic N) is 4. The van der Waals surface area contributed by atoms with Gasteiger partial charge in [0, 0.05) is 30.1 Å². The van der Waals surface area contributed by atoms with Crippen LogP contribution in [0, 0.1) is 0 Å². The number of para-hydroxylation sites is 2. The third-order valence-electron chi connectivity index (χ3n) is 5.12. The summed E-state index contributed by atoms with van der Waals surface area (Å²) in [6.45, 7) is 2.25. The van der Waals surface area contributed by atoms with Crippen molar-refractivity contribution < 1.29 is 9.53 Å². The average molecular weight is 440 g/mol. The number of piperidine rings is 1. The Hall–Kier alpha value is -3.24. The molecule has 0 radical (unpaired) electrons. The van der Waals surface area contributed by atoms with Gasteiger partial charge in [0.15, 0.2) is 0 Å².